The van der Waals surface area contributed by atoms with Gasteiger partial charge >= 0.3 is 5.97 Å². The number of aliphatic carboxylic acids is 1. The summed E-state index contributed by atoms with van der Waals surface area (Å²) in [5, 5.41) is 12.9. The van der Waals surface area contributed by atoms with Crippen LogP contribution >= 0.6 is 0 Å². The Morgan fingerprint density at radius 3 is 2.16 bits per heavy atom. The molecule has 1 aliphatic heterocycles. The Hall–Kier alpha value is -4.91. The van der Waals surface area contributed by atoms with Gasteiger partial charge in [-0.3, -0.25) is 14.4 Å². The molecular weight excluding hydrogens is 612 g/mol. The molecule has 4 aromatic carbocycles. The van der Waals surface area contributed by atoms with Gasteiger partial charge in [0.15, 0.2) is 0 Å². The molecule has 6 rings (SSSR count). The lowest BCUT2D eigenvalue weighted by Gasteiger charge is -2.38. The molecule has 0 radical (unpaired) electrons. The van der Waals surface area contributed by atoms with E-state index in [0.29, 0.717) is 36.6 Å². The number of ether oxygens (including phenoxy) is 1. The summed E-state index contributed by atoms with van der Waals surface area (Å²) in [6.45, 7) is 6.92. The molecule has 0 bridgehead atoms. The molecule has 0 aromatic heterocycles. The second-order valence-electron chi connectivity index (χ2n) is 14.5. The van der Waals surface area contributed by atoms with Crippen molar-refractivity contribution in [2.75, 3.05) is 6.54 Å². The molecule has 2 aliphatic rings. The lowest BCUT2D eigenvalue weighted by Crippen LogP contribution is -2.48. The van der Waals surface area contributed by atoms with E-state index in [0.717, 1.165) is 53.7 Å². The van der Waals surface area contributed by atoms with Gasteiger partial charge in [-0.05, 0) is 88.2 Å². The highest BCUT2D eigenvalue weighted by atomic mass is 16.5. The maximum absolute atomic E-state index is 14.3. The van der Waals surface area contributed by atoms with Crippen molar-refractivity contribution in [2.24, 2.45) is 5.92 Å². The van der Waals surface area contributed by atoms with Crippen LogP contribution in [0.2, 0.25) is 0 Å². The summed E-state index contributed by atoms with van der Waals surface area (Å²) in [5.74, 6) is 0.286. The number of nitrogens with zero attached hydrogens (tertiary/aromatic N) is 1. The molecule has 4 aromatic rings. The lowest BCUT2D eigenvalue weighted by molar-refractivity contribution is -0.143. The van der Waals surface area contributed by atoms with Gasteiger partial charge in [-0.2, -0.15) is 0 Å². The summed E-state index contributed by atoms with van der Waals surface area (Å²) < 4.78 is 6.23. The van der Waals surface area contributed by atoms with Crippen LogP contribution < -0.4 is 10.1 Å². The fourth-order valence-electron chi connectivity index (χ4n) is 7.17. The summed E-state index contributed by atoms with van der Waals surface area (Å²) >= 11 is 0. The van der Waals surface area contributed by atoms with Crippen LogP contribution in [0.1, 0.15) is 93.6 Å². The van der Waals surface area contributed by atoms with Crippen molar-refractivity contribution in [1.82, 2.24) is 10.2 Å². The lowest BCUT2D eigenvalue weighted by atomic mass is 9.87. The first-order valence-electron chi connectivity index (χ1n) is 17.4. The number of nitrogens with one attached hydrogen (secondary N) is 1. The van der Waals surface area contributed by atoms with Crippen molar-refractivity contribution in [2.45, 2.75) is 83.2 Å². The minimum atomic E-state index is -1.02. The standard InChI is InChI=1S/C42H46N2O5/c1-42(2,3)33-17-19-34(20-18-33)49-35-21-22-36-32(26-35)23-24-44(38(45)25-28-9-7-8-10-28)40(36)41(48)43-37(27-39(46)47)31-15-13-30(14-16-31)29-11-5-4-6-12-29/h4-6,11-22,26,28,37,40H,7-10,23-25,27H2,1-3H3,(H,43,48)(H,46,47). The van der Waals surface area contributed by atoms with E-state index in [1.54, 1.807) is 4.90 Å². The number of carboxylic acids is 1. The predicted octanol–water partition coefficient (Wildman–Crippen LogP) is 8.78. The number of rotatable bonds is 10. The van der Waals surface area contributed by atoms with Crippen LogP contribution in [-0.2, 0) is 26.2 Å². The fourth-order valence-corrected chi connectivity index (χ4v) is 7.17. The van der Waals surface area contributed by atoms with Gasteiger partial charge in [-0.25, -0.2) is 0 Å². The Kier molecular flexibility index (Phi) is 10.2. The number of fused-ring (bicyclic) bond motifs is 1. The largest absolute Gasteiger partial charge is 0.481 e. The average Bonchev–Trinajstić information content (AvgIpc) is 3.60. The second kappa shape index (κ2) is 14.7. The molecule has 2 N–H and O–H groups in total. The van der Waals surface area contributed by atoms with Gasteiger partial charge < -0.3 is 20.1 Å². The number of benzene rings is 4. The molecule has 254 valence electrons. The van der Waals surface area contributed by atoms with Crippen LogP contribution in [0.15, 0.2) is 97.1 Å². The van der Waals surface area contributed by atoms with E-state index in [1.165, 1.54) is 5.56 Å². The van der Waals surface area contributed by atoms with Crippen LogP contribution in [0.4, 0.5) is 0 Å². The van der Waals surface area contributed by atoms with E-state index in [-0.39, 0.29) is 23.7 Å². The van der Waals surface area contributed by atoms with Gasteiger partial charge in [0, 0.05) is 13.0 Å². The fraction of sp³-hybridized carbons (Fsp3) is 0.357. The van der Waals surface area contributed by atoms with Gasteiger partial charge in [0.05, 0.1) is 12.5 Å². The van der Waals surface area contributed by atoms with E-state index in [1.807, 2.05) is 84.9 Å². The van der Waals surface area contributed by atoms with Crippen LogP contribution in [0.3, 0.4) is 0 Å². The van der Waals surface area contributed by atoms with Crippen molar-refractivity contribution >= 4 is 17.8 Å². The SMILES string of the molecule is CC(C)(C)c1ccc(Oc2ccc3c(c2)CCN(C(=O)CC2CCCC2)C3C(=O)NC(CC(=O)O)c2ccc(-c3ccccc3)cc2)cc1. The third-order valence-electron chi connectivity index (χ3n) is 9.92. The quantitative estimate of drug-likeness (QED) is 0.178. The number of carbonyl (C=O) groups is 3. The Morgan fingerprint density at radius 1 is 0.857 bits per heavy atom. The maximum Gasteiger partial charge on any atom is 0.305 e. The van der Waals surface area contributed by atoms with Crippen LogP contribution in [-0.4, -0.2) is 34.3 Å². The van der Waals surface area contributed by atoms with Crippen molar-refractivity contribution in [3.63, 3.8) is 0 Å². The summed E-state index contributed by atoms with van der Waals surface area (Å²) in [6.07, 6.45) is 5.05. The predicted molar refractivity (Wildman–Crippen MR) is 191 cm³/mol. The topological polar surface area (TPSA) is 95.9 Å². The maximum atomic E-state index is 14.3. The number of carboxylic acid groups (broad SMARTS) is 1. The Bertz CT molecular complexity index is 1770. The molecule has 49 heavy (non-hydrogen) atoms. The van der Waals surface area contributed by atoms with E-state index in [9.17, 15) is 19.5 Å². The zero-order chi connectivity index (χ0) is 34.5. The first-order chi connectivity index (χ1) is 23.5. The third-order valence-corrected chi connectivity index (χ3v) is 9.92. The monoisotopic (exact) mass is 658 g/mol. The van der Waals surface area contributed by atoms with Gasteiger partial charge in [0.1, 0.15) is 17.5 Å². The zero-order valence-electron chi connectivity index (χ0n) is 28.7. The minimum Gasteiger partial charge on any atom is -0.481 e. The molecule has 1 fully saturated rings. The van der Waals surface area contributed by atoms with E-state index in [2.05, 4.69) is 38.2 Å². The van der Waals surface area contributed by atoms with Crippen LogP contribution in [0.5, 0.6) is 11.5 Å². The van der Waals surface area contributed by atoms with Crippen LogP contribution in [0, 0.1) is 5.92 Å². The normalized spacial score (nSPS) is 16.9. The first kappa shape index (κ1) is 34.0. The molecule has 0 saturated heterocycles. The van der Waals surface area contributed by atoms with Crippen molar-refractivity contribution < 1.29 is 24.2 Å². The summed E-state index contributed by atoms with van der Waals surface area (Å²) in [5.41, 5.74) is 5.68. The third kappa shape index (κ3) is 8.22. The number of hydrogen-bond donors (Lipinski definition) is 2. The summed E-state index contributed by atoms with van der Waals surface area (Å²) in [6, 6.07) is 29.7. The number of hydrogen-bond acceptors (Lipinski definition) is 4. The van der Waals surface area contributed by atoms with Gasteiger partial charge in [0.25, 0.3) is 0 Å². The van der Waals surface area contributed by atoms with Gasteiger partial charge in [-0.1, -0.05) is 106 Å². The van der Waals surface area contributed by atoms with Gasteiger partial charge in [-0.15, -0.1) is 0 Å². The van der Waals surface area contributed by atoms with Crippen molar-refractivity contribution in [3.8, 4) is 22.6 Å². The molecule has 2 atom stereocenters. The van der Waals surface area contributed by atoms with Crippen LogP contribution in [0.25, 0.3) is 11.1 Å². The summed E-state index contributed by atoms with van der Waals surface area (Å²) in [7, 11) is 0. The highest BCUT2D eigenvalue weighted by Gasteiger charge is 2.38. The molecule has 7 heteroatoms. The van der Waals surface area contributed by atoms with Crippen molar-refractivity contribution in [1.29, 1.82) is 0 Å². The minimum absolute atomic E-state index is 0.0287. The second-order valence-corrected chi connectivity index (χ2v) is 14.5. The molecule has 1 heterocycles. The molecule has 0 spiro atoms. The van der Waals surface area contributed by atoms with E-state index >= 15 is 0 Å². The van der Waals surface area contributed by atoms with E-state index in [4.69, 9.17) is 4.74 Å². The highest BCUT2D eigenvalue weighted by Crippen LogP contribution is 2.37. The molecule has 1 saturated carbocycles. The summed E-state index contributed by atoms with van der Waals surface area (Å²) in [4.78, 5) is 41.9. The number of amides is 2. The smallest absolute Gasteiger partial charge is 0.305 e. The van der Waals surface area contributed by atoms with E-state index < -0.39 is 18.1 Å². The molecule has 7 nitrogen and oxygen atoms in total. The number of carbonyl (C=O) groups excluding carboxylic acids is 2. The van der Waals surface area contributed by atoms with Crippen molar-refractivity contribution in [3.05, 3.63) is 119 Å². The Labute approximate surface area is 289 Å². The highest BCUT2D eigenvalue weighted by molar-refractivity contribution is 5.90. The first-order valence-corrected chi connectivity index (χ1v) is 17.4. The molecule has 2 unspecified atom stereocenters. The van der Waals surface area contributed by atoms with Gasteiger partial charge in [0.2, 0.25) is 11.8 Å². The Morgan fingerprint density at radius 2 is 1.51 bits per heavy atom. The molecule has 2 amide bonds. The zero-order valence-corrected chi connectivity index (χ0v) is 28.7. The average molecular weight is 659 g/mol. The molecule has 1 aliphatic carbocycles. The Balaban J connectivity index is 1.27. The molecular formula is C42H46N2O5.